The van der Waals surface area contributed by atoms with Crippen LogP contribution in [0.15, 0.2) is 24.3 Å². The summed E-state index contributed by atoms with van der Waals surface area (Å²) in [6.45, 7) is 12.2. The van der Waals surface area contributed by atoms with E-state index in [2.05, 4.69) is 5.32 Å². The highest BCUT2D eigenvalue weighted by Crippen LogP contribution is 2.25. The van der Waals surface area contributed by atoms with Crippen LogP contribution >= 0.6 is 0 Å². The Morgan fingerprint density at radius 2 is 1.53 bits per heavy atom. The van der Waals surface area contributed by atoms with E-state index in [1.807, 2.05) is 37.8 Å². The van der Waals surface area contributed by atoms with Crippen LogP contribution in [0.4, 0.5) is 0 Å². The van der Waals surface area contributed by atoms with Gasteiger partial charge in [-0.05, 0) is 78.0 Å². The Morgan fingerprint density at radius 3 is 2.00 bits per heavy atom. The van der Waals surface area contributed by atoms with Crippen LogP contribution < -0.4 is 5.32 Å². The van der Waals surface area contributed by atoms with Crippen LogP contribution in [0, 0.1) is 5.92 Å². The fourth-order valence-corrected chi connectivity index (χ4v) is 4.84. The second kappa shape index (κ2) is 9.08. The van der Waals surface area contributed by atoms with Crippen molar-refractivity contribution in [2.45, 2.75) is 71.1 Å². The molecule has 1 saturated heterocycles. The van der Waals surface area contributed by atoms with E-state index in [9.17, 15) is 18.0 Å². The third-order valence-corrected chi connectivity index (χ3v) is 8.19. The number of benzene rings is 1. The van der Waals surface area contributed by atoms with Crippen molar-refractivity contribution in [3.63, 3.8) is 0 Å². The van der Waals surface area contributed by atoms with Gasteiger partial charge in [0.05, 0.1) is 16.9 Å². The van der Waals surface area contributed by atoms with E-state index in [0.29, 0.717) is 31.5 Å². The minimum atomic E-state index is -3.14. The largest absolute Gasteiger partial charge is 0.347 e. The standard InChI is InChI=1S/C23H36N2O4S/c1-22(2,3)24-21(27)19-9-7-17(8-10-19)15-20(26)25-13-11-18(12-14-25)16-30(28,29)23(4,5)6/h7-10,18H,11-16H2,1-6H3,(H,24,27). The first-order chi connectivity index (χ1) is 13.7. The zero-order chi connectivity index (χ0) is 22.7. The number of sulfone groups is 1. The molecule has 1 heterocycles. The fourth-order valence-electron chi connectivity index (χ4n) is 3.38. The topological polar surface area (TPSA) is 83.6 Å². The SMILES string of the molecule is CC(C)(C)NC(=O)c1ccc(CC(=O)N2CCC(CS(=O)(=O)C(C)(C)C)CC2)cc1. The lowest BCUT2D eigenvalue weighted by Crippen LogP contribution is -2.42. The van der Waals surface area contributed by atoms with Crippen molar-refractivity contribution >= 4 is 21.7 Å². The lowest BCUT2D eigenvalue weighted by Gasteiger charge is -2.33. The van der Waals surface area contributed by atoms with Gasteiger partial charge in [0.25, 0.3) is 5.91 Å². The first-order valence-electron chi connectivity index (χ1n) is 10.6. The highest BCUT2D eigenvalue weighted by molar-refractivity contribution is 7.92. The number of amides is 2. The maximum Gasteiger partial charge on any atom is 0.251 e. The molecule has 1 aliphatic heterocycles. The molecule has 2 amide bonds. The number of piperidine rings is 1. The van der Waals surface area contributed by atoms with Gasteiger partial charge < -0.3 is 10.2 Å². The van der Waals surface area contributed by atoms with E-state index in [4.69, 9.17) is 0 Å². The lowest BCUT2D eigenvalue weighted by molar-refractivity contribution is -0.131. The molecule has 0 aliphatic carbocycles. The molecule has 0 atom stereocenters. The summed E-state index contributed by atoms with van der Waals surface area (Å²) in [5.41, 5.74) is 1.14. The van der Waals surface area contributed by atoms with Crippen LogP contribution in [0.25, 0.3) is 0 Å². The molecule has 7 heteroatoms. The summed E-state index contributed by atoms with van der Waals surface area (Å²) in [5, 5.41) is 2.92. The number of carbonyl (C=O) groups is 2. The molecule has 6 nitrogen and oxygen atoms in total. The van der Waals surface area contributed by atoms with Crippen LogP contribution in [-0.4, -0.2) is 54.3 Å². The summed E-state index contributed by atoms with van der Waals surface area (Å²) in [7, 11) is -3.14. The Labute approximate surface area is 181 Å². The number of carbonyl (C=O) groups excluding carboxylic acids is 2. The van der Waals surface area contributed by atoms with Gasteiger partial charge in [0.2, 0.25) is 5.91 Å². The molecule has 1 aromatic rings. The van der Waals surface area contributed by atoms with Gasteiger partial charge >= 0.3 is 0 Å². The molecule has 0 radical (unpaired) electrons. The van der Waals surface area contributed by atoms with E-state index in [-0.39, 0.29) is 35.4 Å². The van der Waals surface area contributed by atoms with E-state index in [0.717, 1.165) is 5.56 Å². The Kier molecular flexibility index (Phi) is 7.38. The molecule has 2 rings (SSSR count). The molecule has 0 aromatic heterocycles. The molecule has 0 bridgehead atoms. The molecule has 0 spiro atoms. The predicted molar refractivity (Wildman–Crippen MR) is 120 cm³/mol. The third kappa shape index (κ3) is 6.83. The predicted octanol–water partition coefficient (Wildman–Crippen LogP) is 3.21. The summed E-state index contributed by atoms with van der Waals surface area (Å²) >= 11 is 0. The highest BCUT2D eigenvalue weighted by atomic mass is 32.2. The van der Waals surface area contributed by atoms with E-state index in [1.165, 1.54) is 0 Å². The molecule has 0 saturated carbocycles. The maximum atomic E-state index is 12.7. The van der Waals surface area contributed by atoms with Gasteiger partial charge in [0.1, 0.15) is 0 Å². The number of nitrogens with one attached hydrogen (secondary N) is 1. The van der Waals surface area contributed by atoms with Crippen LogP contribution in [0.1, 0.15) is 70.3 Å². The van der Waals surface area contributed by atoms with Gasteiger partial charge in [-0.3, -0.25) is 9.59 Å². The number of hydrogen-bond acceptors (Lipinski definition) is 4. The van der Waals surface area contributed by atoms with Crippen molar-refractivity contribution in [3.8, 4) is 0 Å². The molecular formula is C23H36N2O4S. The van der Waals surface area contributed by atoms with Crippen molar-refractivity contribution in [1.29, 1.82) is 0 Å². The smallest absolute Gasteiger partial charge is 0.251 e. The maximum absolute atomic E-state index is 12.7. The number of nitrogens with zero attached hydrogens (tertiary/aromatic N) is 1. The molecule has 0 unspecified atom stereocenters. The Balaban J connectivity index is 1.87. The van der Waals surface area contributed by atoms with Gasteiger partial charge in [-0.2, -0.15) is 0 Å². The monoisotopic (exact) mass is 436 g/mol. The molecule has 1 aliphatic rings. The van der Waals surface area contributed by atoms with Crippen LogP contribution in [0.5, 0.6) is 0 Å². The molecular weight excluding hydrogens is 400 g/mol. The normalized spacial score (nSPS) is 16.4. The number of likely N-dealkylation sites (tertiary alicyclic amines) is 1. The van der Waals surface area contributed by atoms with Gasteiger partial charge in [-0.25, -0.2) is 8.42 Å². The van der Waals surface area contributed by atoms with Crippen molar-refractivity contribution in [3.05, 3.63) is 35.4 Å². The summed E-state index contributed by atoms with van der Waals surface area (Å²) in [6.07, 6.45) is 1.71. The summed E-state index contributed by atoms with van der Waals surface area (Å²) in [4.78, 5) is 26.7. The van der Waals surface area contributed by atoms with Gasteiger partial charge in [-0.15, -0.1) is 0 Å². The van der Waals surface area contributed by atoms with Crippen molar-refractivity contribution in [2.75, 3.05) is 18.8 Å². The molecule has 1 fully saturated rings. The minimum Gasteiger partial charge on any atom is -0.347 e. The Hall–Kier alpha value is -1.89. The summed E-state index contributed by atoms with van der Waals surface area (Å²) in [5.74, 6) is 0.210. The minimum absolute atomic E-state index is 0.0408. The molecule has 168 valence electrons. The fraction of sp³-hybridized carbons (Fsp3) is 0.652. The van der Waals surface area contributed by atoms with Gasteiger partial charge in [0.15, 0.2) is 9.84 Å². The van der Waals surface area contributed by atoms with Crippen LogP contribution in [0.2, 0.25) is 0 Å². The first-order valence-corrected chi connectivity index (χ1v) is 12.2. The van der Waals surface area contributed by atoms with E-state index >= 15 is 0 Å². The molecule has 1 N–H and O–H groups in total. The zero-order valence-electron chi connectivity index (χ0n) is 19.1. The van der Waals surface area contributed by atoms with Gasteiger partial charge in [0, 0.05) is 24.2 Å². The van der Waals surface area contributed by atoms with Crippen LogP contribution in [-0.2, 0) is 21.1 Å². The Morgan fingerprint density at radius 1 is 1.00 bits per heavy atom. The first kappa shape index (κ1) is 24.4. The zero-order valence-corrected chi connectivity index (χ0v) is 19.9. The van der Waals surface area contributed by atoms with Crippen LogP contribution in [0.3, 0.4) is 0 Å². The average molecular weight is 437 g/mol. The van der Waals surface area contributed by atoms with Crippen molar-refractivity contribution in [1.82, 2.24) is 10.2 Å². The van der Waals surface area contributed by atoms with Crippen molar-refractivity contribution < 1.29 is 18.0 Å². The second-order valence-corrected chi connectivity index (χ2v) is 13.1. The molecule has 30 heavy (non-hydrogen) atoms. The quantitative estimate of drug-likeness (QED) is 0.768. The average Bonchev–Trinajstić information content (AvgIpc) is 2.60. The van der Waals surface area contributed by atoms with Gasteiger partial charge in [-0.1, -0.05) is 12.1 Å². The van der Waals surface area contributed by atoms with E-state index < -0.39 is 14.6 Å². The highest BCUT2D eigenvalue weighted by Gasteiger charge is 2.33. The lowest BCUT2D eigenvalue weighted by atomic mass is 9.98. The summed E-state index contributed by atoms with van der Waals surface area (Å²) < 4.78 is 24.1. The second-order valence-electron chi connectivity index (χ2n) is 10.3. The number of rotatable bonds is 5. The van der Waals surface area contributed by atoms with Crippen molar-refractivity contribution in [2.24, 2.45) is 5.92 Å². The Bertz CT molecular complexity index is 854. The number of hydrogen-bond donors (Lipinski definition) is 1. The third-order valence-electron chi connectivity index (χ3n) is 5.42. The van der Waals surface area contributed by atoms with E-state index in [1.54, 1.807) is 32.9 Å². The molecule has 1 aromatic carbocycles. The summed E-state index contributed by atoms with van der Waals surface area (Å²) in [6, 6.07) is 7.12.